The van der Waals surface area contributed by atoms with Gasteiger partial charge in [-0.15, -0.1) is 0 Å². The first-order valence-corrected chi connectivity index (χ1v) is 9.04. The molecule has 1 heterocycles. The first-order valence-electron chi connectivity index (χ1n) is 7.91. The van der Waals surface area contributed by atoms with E-state index in [1.165, 1.54) is 10.9 Å². The average Bonchev–Trinajstić information content (AvgIpc) is 2.99. The summed E-state index contributed by atoms with van der Waals surface area (Å²) < 4.78 is 1.38. The van der Waals surface area contributed by atoms with E-state index >= 15 is 0 Å². The van der Waals surface area contributed by atoms with Crippen molar-refractivity contribution in [1.82, 2.24) is 9.78 Å². The molecule has 2 rings (SSSR count). The number of rotatable bonds is 7. The molecular formula is C17H17Cl3N4O. The maximum atomic E-state index is 12.2. The normalized spacial score (nSPS) is 10.5. The lowest BCUT2D eigenvalue weighted by Crippen LogP contribution is -2.15. The standard InChI is InChI=1S/C17H17Cl3N4O/c1-2-3-4-5-6-14(25)23-17-11(9-21)10-22-24(17)13-8-7-12(18)15(19)16(13)20/h7-8,10H,2-6H2,1H3,(H,23,25). The van der Waals surface area contributed by atoms with Gasteiger partial charge in [0.2, 0.25) is 5.91 Å². The van der Waals surface area contributed by atoms with Crippen LogP contribution in [-0.4, -0.2) is 15.7 Å². The predicted octanol–water partition coefficient (Wildman–Crippen LogP) is 5.61. The molecule has 0 unspecified atom stereocenters. The summed E-state index contributed by atoms with van der Waals surface area (Å²) >= 11 is 18.3. The molecule has 25 heavy (non-hydrogen) atoms. The van der Waals surface area contributed by atoms with Crippen molar-refractivity contribution in [2.24, 2.45) is 0 Å². The van der Waals surface area contributed by atoms with E-state index in [9.17, 15) is 10.1 Å². The zero-order valence-corrected chi connectivity index (χ0v) is 15.9. The molecule has 0 aliphatic carbocycles. The van der Waals surface area contributed by atoms with Gasteiger partial charge in [-0.25, -0.2) is 4.68 Å². The smallest absolute Gasteiger partial charge is 0.225 e. The molecule has 0 spiro atoms. The molecular weight excluding hydrogens is 383 g/mol. The van der Waals surface area contributed by atoms with Gasteiger partial charge in [-0.1, -0.05) is 61.0 Å². The molecule has 0 aliphatic rings. The number of benzene rings is 1. The third-order valence-electron chi connectivity index (χ3n) is 3.65. The number of anilines is 1. The molecule has 0 atom stereocenters. The van der Waals surface area contributed by atoms with Gasteiger partial charge in [-0.2, -0.15) is 10.4 Å². The number of aromatic nitrogens is 2. The second kappa shape index (κ2) is 9.10. The third-order valence-corrected chi connectivity index (χ3v) is 4.93. The van der Waals surface area contributed by atoms with E-state index in [4.69, 9.17) is 34.8 Å². The van der Waals surface area contributed by atoms with E-state index in [1.54, 1.807) is 12.1 Å². The first kappa shape index (κ1) is 19.6. The summed E-state index contributed by atoms with van der Waals surface area (Å²) in [4.78, 5) is 12.2. The van der Waals surface area contributed by atoms with Gasteiger partial charge in [-0.05, 0) is 18.6 Å². The van der Waals surface area contributed by atoms with Gasteiger partial charge in [0.25, 0.3) is 0 Å². The van der Waals surface area contributed by atoms with Crippen molar-refractivity contribution in [1.29, 1.82) is 5.26 Å². The van der Waals surface area contributed by atoms with E-state index < -0.39 is 0 Å². The Morgan fingerprint density at radius 3 is 2.68 bits per heavy atom. The molecule has 1 aromatic carbocycles. The fourth-order valence-corrected chi connectivity index (χ4v) is 2.93. The van der Waals surface area contributed by atoms with Crippen molar-refractivity contribution >= 4 is 46.5 Å². The van der Waals surface area contributed by atoms with E-state index in [1.807, 2.05) is 6.07 Å². The fraction of sp³-hybridized carbons (Fsp3) is 0.353. The van der Waals surface area contributed by atoms with Crippen LogP contribution in [0, 0.1) is 11.3 Å². The highest BCUT2D eigenvalue weighted by Crippen LogP contribution is 2.36. The fourth-order valence-electron chi connectivity index (χ4n) is 2.32. The Hall–Kier alpha value is -1.74. The minimum atomic E-state index is -0.175. The molecule has 0 fully saturated rings. The number of nitriles is 1. The zero-order chi connectivity index (χ0) is 18.4. The van der Waals surface area contributed by atoms with Gasteiger partial charge in [0, 0.05) is 6.42 Å². The van der Waals surface area contributed by atoms with Crippen LogP contribution in [0.4, 0.5) is 5.82 Å². The quantitative estimate of drug-likeness (QED) is 0.485. The summed E-state index contributed by atoms with van der Waals surface area (Å²) in [5.74, 6) is 0.0915. The minimum Gasteiger partial charge on any atom is -0.309 e. The second-order valence-corrected chi connectivity index (χ2v) is 6.65. The van der Waals surface area contributed by atoms with E-state index in [2.05, 4.69) is 17.3 Å². The molecule has 0 saturated carbocycles. The molecule has 0 bridgehead atoms. The number of hydrogen-bond acceptors (Lipinski definition) is 3. The Labute approximate surface area is 161 Å². The van der Waals surface area contributed by atoms with Gasteiger partial charge in [0.05, 0.1) is 27.0 Å². The van der Waals surface area contributed by atoms with Crippen LogP contribution < -0.4 is 5.32 Å². The number of carbonyl (C=O) groups is 1. The molecule has 132 valence electrons. The van der Waals surface area contributed by atoms with Crippen LogP contribution in [0.25, 0.3) is 5.69 Å². The molecule has 1 N–H and O–H groups in total. The van der Waals surface area contributed by atoms with Crippen molar-refractivity contribution in [3.8, 4) is 11.8 Å². The first-order chi connectivity index (χ1) is 12.0. The largest absolute Gasteiger partial charge is 0.309 e. The van der Waals surface area contributed by atoms with Crippen LogP contribution in [0.1, 0.15) is 44.6 Å². The highest BCUT2D eigenvalue weighted by molar-refractivity contribution is 6.48. The van der Waals surface area contributed by atoms with E-state index in [0.29, 0.717) is 17.1 Å². The van der Waals surface area contributed by atoms with E-state index in [0.717, 1.165) is 25.7 Å². The number of amides is 1. The number of hydrogen-bond donors (Lipinski definition) is 1. The topological polar surface area (TPSA) is 70.7 Å². The number of nitrogens with one attached hydrogen (secondary N) is 1. The Balaban J connectivity index is 2.28. The Kier molecular flexibility index (Phi) is 7.12. The SMILES string of the molecule is CCCCCCC(=O)Nc1c(C#N)cnn1-c1ccc(Cl)c(Cl)c1Cl. The van der Waals surface area contributed by atoms with Crippen molar-refractivity contribution in [3.05, 3.63) is 39.0 Å². The lowest BCUT2D eigenvalue weighted by Gasteiger charge is -2.12. The highest BCUT2D eigenvalue weighted by atomic mass is 35.5. The van der Waals surface area contributed by atoms with Gasteiger partial charge in [-0.3, -0.25) is 4.79 Å². The number of carbonyl (C=O) groups excluding carboxylic acids is 1. The summed E-state index contributed by atoms with van der Waals surface area (Å²) in [6.45, 7) is 2.11. The summed E-state index contributed by atoms with van der Waals surface area (Å²) in [6, 6.07) is 5.22. The number of unbranched alkanes of at least 4 members (excludes halogenated alkanes) is 3. The zero-order valence-electron chi connectivity index (χ0n) is 13.7. The monoisotopic (exact) mass is 398 g/mol. The summed E-state index contributed by atoms with van der Waals surface area (Å²) in [5.41, 5.74) is 0.669. The molecule has 1 aromatic heterocycles. The number of halogens is 3. The molecule has 1 amide bonds. The lowest BCUT2D eigenvalue weighted by atomic mass is 10.1. The third kappa shape index (κ3) is 4.66. The Morgan fingerprint density at radius 2 is 2.00 bits per heavy atom. The molecule has 0 radical (unpaired) electrons. The van der Waals surface area contributed by atoms with Crippen molar-refractivity contribution < 1.29 is 4.79 Å². The number of nitrogens with zero attached hydrogens (tertiary/aromatic N) is 3. The van der Waals surface area contributed by atoms with Crippen molar-refractivity contribution in [2.75, 3.05) is 5.32 Å². The maximum absolute atomic E-state index is 12.2. The van der Waals surface area contributed by atoms with Crippen molar-refractivity contribution in [3.63, 3.8) is 0 Å². The Morgan fingerprint density at radius 1 is 1.24 bits per heavy atom. The Bertz CT molecular complexity index is 811. The minimum absolute atomic E-state index is 0.175. The van der Waals surface area contributed by atoms with Crippen LogP contribution in [0.5, 0.6) is 0 Å². The molecule has 0 saturated heterocycles. The van der Waals surface area contributed by atoms with Crippen LogP contribution in [0.3, 0.4) is 0 Å². The lowest BCUT2D eigenvalue weighted by molar-refractivity contribution is -0.116. The van der Waals surface area contributed by atoms with Crippen molar-refractivity contribution in [2.45, 2.75) is 39.0 Å². The van der Waals surface area contributed by atoms with Gasteiger partial charge in [0.15, 0.2) is 5.82 Å². The molecule has 8 heteroatoms. The van der Waals surface area contributed by atoms with Crippen LogP contribution in [-0.2, 0) is 4.79 Å². The second-order valence-electron chi connectivity index (χ2n) is 5.48. The molecule has 5 nitrogen and oxygen atoms in total. The van der Waals surface area contributed by atoms with Crippen LogP contribution in [0.15, 0.2) is 18.3 Å². The van der Waals surface area contributed by atoms with Gasteiger partial charge < -0.3 is 5.32 Å². The van der Waals surface area contributed by atoms with Gasteiger partial charge >= 0.3 is 0 Å². The predicted molar refractivity (Wildman–Crippen MR) is 101 cm³/mol. The maximum Gasteiger partial charge on any atom is 0.225 e. The molecule has 2 aromatic rings. The highest BCUT2D eigenvalue weighted by Gasteiger charge is 2.18. The van der Waals surface area contributed by atoms with Gasteiger partial charge in [0.1, 0.15) is 11.6 Å². The van der Waals surface area contributed by atoms with Crippen LogP contribution >= 0.6 is 34.8 Å². The summed E-state index contributed by atoms with van der Waals surface area (Å²) in [7, 11) is 0. The van der Waals surface area contributed by atoms with Crippen LogP contribution in [0.2, 0.25) is 15.1 Å². The summed E-state index contributed by atoms with van der Waals surface area (Å²) in [5, 5.41) is 16.9. The summed E-state index contributed by atoms with van der Waals surface area (Å²) in [6.07, 6.45) is 5.73. The van der Waals surface area contributed by atoms with E-state index in [-0.39, 0.29) is 27.3 Å². The molecule has 0 aliphatic heterocycles. The average molecular weight is 400 g/mol.